The molecule has 1 aromatic rings. The lowest BCUT2D eigenvalue weighted by atomic mass is 10.2. The minimum atomic E-state index is -1.52. The third-order valence-corrected chi connectivity index (χ3v) is 6.45. The quantitative estimate of drug-likeness (QED) is 0.258. The molecular formula is C16H28N2O5Si. The molecule has 0 fully saturated rings. The van der Waals surface area contributed by atoms with E-state index >= 15 is 0 Å². The molecular weight excluding hydrogens is 328 g/mol. The number of nitro benzene ring substituents is 1. The molecule has 0 amide bonds. The van der Waals surface area contributed by atoms with Gasteiger partial charge < -0.3 is 19.6 Å². The van der Waals surface area contributed by atoms with Crippen LogP contribution < -0.4 is 5.32 Å². The smallest absolute Gasteiger partial charge is 0.269 e. The zero-order valence-corrected chi connectivity index (χ0v) is 15.7. The lowest BCUT2D eigenvalue weighted by Gasteiger charge is -2.19. The van der Waals surface area contributed by atoms with Gasteiger partial charge in [0.2, 0.25) is 0 Å². The molecule has 0 saturated carbocycles. The van der Waals surface area contributed by atoms with Crippen molar-refractivity contribution >= 4 is 14.0 Å². The van der Waals surface area contributed by atoms with Crippen molar-refractivity contribution < 1.29 is 19.2 Å². The normalized spacial score (nSPS) is 13.0. The highest BCUT2D eigenvalue weighted by Gasteiger charge is 2.19. The van der Waals surface area contributed by atoms with Gasteiger partial charge >= 0.3 is 0 Å². The Balaban J connectivity index is 2.11. The molecule has 0 aromatic heterocycles. The van der Waals surface area contributed by atoms with Crippen LogP contribution in [0.4, 0.5) is 5.69 Å². The first kappa shape index (κ1) is 20.7. The van der Waals surface area contributed by atoms with Gasteiger partial charge in [-0.2, -0.15) is 0 Å². The highest BCUT2D eigenvalue weighted by atomic mass is 28.4. The minimum Gasteiger partial charge on any atom is -0.420 e. The van der Waals surface area contributed by atoms with E-state index in [0.29, 0.717) is 26.3 Å². The Kier molecular flexibility index (Phi) is 9.09. The first-order valence-electron chi connectivity index (χ1n) is 8.09. The van der Waals surface area contributed by atoms with Crippen molar-refractivity contribution in [1.82, 2.24) is 5.32 Å². The first-order chi connectivity index (χ1) is 11.3. The maximum atomic E-state index is 10.6. The van der Waals surface area contributed by atoms with Crippen LogP contribution in [0.2, 0.25) is 19.1 Å². The second-order valence-electron chi connectivity index (χ2n) is 6.35. The Morgan fingerprint density at radius 2 is 2.00 bits per heavy atom. The van der Waals surface area contributed by atoms with Crippen molar-refractivity contribution in [2.45, 2.75) is 38.2 Å². The number of benzene rings is 1. The standard InChI is InChI=1S/C16H28N2O5Si/c1-22-24(2,3)10-4-9-23-13-16(19)12-17-11-14-5-7-15(8-6-14)18(20)21/h5-8,16-17,19H,4,9-13H2,1-3H3. The van der Waals surface area contributed by atoms with E-state index in [1.165, 1.54) is 12.1 Å². The van der Waals surface area contributed by atoms with Crippen LogP contribution in [0.15, 0.2) is 24.3 Å². The Morgan fingerprint density at radius 1 is 1.33 bits per heavy atom. The molecule has 1 atom stereocenters. The van der Waals surface area contributed by atoms with E-state index in [-0.39, 0.29) is 5.69 Å². The lowest BCUT2D eigenvalue weighted by molar-refractivity contribution is -0.384. The Morgan fingerprint density at radius 3 is 2.58 bits per heavy atom. The topological polar surface area (TPSA) is 93.9 Å². The predicted octanol–water partition coefficient (Wildman–Crippen LogP) is 2.30. The van der Waals surface area contributed by atoms with E-state index in [1.54, 1.807) is 19.2 Å². The molecule has 0 bridgehead atoms. The number of non-ortho nitro benzene ring substituents is 1. The molecule has 0 aliphatic heterocycles. The van der Waals surface area contributed by atoms with Crippen LogP contribution >= 0.6 is 0 Å². The summed E-state index contributed by atoms with van der Waals surface area (Å²) in [5.74, 6) is 0. The van der Waals surface area contributed by atoms with E-state index in [4.69, 9.17) is 9.16 Å². The van der Waals surface area contributed by atoms with Gasteiger partial charge in [0, 0.05) is 38.9 Å². The van der Waals surface area contributed by atoms with Crippen LogP contribution in [0, 0.1) is 10.1 Å². The highest BCUT2D eigenvalue weighted by Crippen LogP contribution is 2.12. The predicted molar refractivity (Wildman–Crippen MR) is 95.5 cm³/mol. The monoisotopic (exact) mass is 356 g/mol. The molecule has 1 unspecified atom stereocenters. The maximum Gasteiger partial charge on any atom is 0.269 e. The number of rotatable bonds is 12. The van der Waals surface area contributed by atoms with Crippen molar-refractivity contribution in [3.8, 4) is 0 Å². The number of hydrogen-bond acceptors (Lipinski definition) is 6. The summed E-state index contributed by atoms with van der Waals surface area (Å²) in [6.45, 7) is 6.22. The number of aliphatic hydroxyl groups is 1. The number of nitrogens with one attached hydrogen (secondary N) is 1. The second kappa shape index (κ2) is 10.5. The van der Waals surface area contributed by atoms with Gasteiger partial charge in [0.25, 0.3) is 5.69 Å². The van der Waals surface area contributed by atoms with E-state index in [2.05, 4.69) is 18.4 Å². The number of nitrogens with zero attached hydrogens (tertiary/aromatic N) is 1. The van der Waals surface area contributed by atoms with Crippen molar-refractivity contribution in [3.05, 3.63) is 39.9 Å². The average molecular weight is 356 g/mol. The molecule has 7 nitrogen and oxygen atoms in total. The van der Waals surface area contributed by atoms with Crippen LogP contribution in [0.25, 0.3) is 0 Å². The van der Waals surface area contributed by atoms with Crippen LogP contribution in [0.1, 0.15) is 12.0 Å². The summed E-state index contributed by atoms with van der Waals surface area (Å²) in [5, 5.41) is 23.5. The number of aliphatic hydroxyl groups excluding tert-OH is 1. The molecule has 0 aliphatic rings. The van der Waals surface area contributed by atoms with Crippen LogP contribution in [-0.4, -0.2) is 51.3 Å². The fourth-order valence-corrected chi connectivity index (χ4v) is 3.30. The number of ether oxygens (including phenoxy) is 1. The van der Waals surface area contributed by atoms with Crippen LogP contribution in [0.3, 0.4) is 0 Å². The van der Waals surface area contributed by atoms with Crippen molar-refractivity contribution in [2.75, 3.05) is 26.9 Å². The van der Waals surface area contributed by atoms with Gasteiger partial charge in [0.1, 0.15) is 0 Å². The van der Waals surface area contributed by atoms with Crippen LogP contribution in [-0.2, 0) is 15.7 Å². The molecule has 24 heavy (non-hydrogen) atoms. The molecule has 2 N–H and O–H groups in total. The zero-order valence-electron chi connectivity index (χ0n) is 14.7. The van der Waals surface area contributed by atoms with Crippen LogP contribution in [0.5, 0.6) is 0 Å². The van der Waals surface area contributed by atoms with E-state index in [1.807, 2.05) is 0 Å². The summed E-state index contributed by atoms with van der Waals surface area (Å²) in [5.41, 5.74) is 1.01. The fourth-order valence-electron chi connectivity index (χ4n) is 2.10. The number of hydrogen-bond donors (Lipinski definition) is 2. The molecule has 136 valence electrons. The minimum absolute atomic E-state index is 0.0758. The molecule has 0 radical (unpaired) electrons. The summed E-state index contributed by atoms with van der Waals surface area (Å²) >= 11 is 0. The van der Waals surface area contributed by atoms with Gasteiger partial charge in [-0.3, -0.25) is 10.1 Å². The highest BCUT2D eigenvalue weighted by molar-refractivity contribution is 6.71. The SMILES string of the molecule is CO[Si](C)(C)CCCOCC(O)CNCc1ccc([N+](=O)[O-])cc1. The fraction of sp³-hybridized carbons (Fsp3) is 0.625. The zero-order chi connectivity index (χ0) is 18.0. The molecule has 0 spiro atoms. The van der Waals surface area contributed by atoms with Gasteiger partial charge in [-0.15, -0.1) is 0 Å². The molecule has 0 aliphatic carbocycles. The summed E-state index contributed by atoms with van der Waals surface area (Å²) in [6.07, 6.45) is 0.367. The van der Waals surface area contributed by atoms with Gasteiger partial charge in [0.15, 0.2) is 8.32 Å². The van der Waals surface area contributed by atoms with E-state index < -0.39 is 19.3 Å². The van der Waals surface area contributed by atoms with Gasteiger partial charge in [0.05, 0.1) is 17.6 Å². The Labute approximate surface area is 144 Å². The molecule has 1 aromatic carbocycles. The summed E-state index contributed by atoms with van der Waals surface area (Å²) in [4.78, 5) is 10.2. The molecule has 0 saturated heterocycles. The Hall–Kier alpha value is -1.32. The third kappa shape index (κ3) is 8.51. The Bertz CT molecular complexity index is 496. The maximum absolute atomic E-state index is 10.6. The van der Waals surface area contributed by atoms with E-state index in [0.717, 1.165) is 18.0 Å². The molecule has 1 rings (SSSR count). The largest absolute Gasteiger partial charge is 0.420 e. The first-order valence-corrected chi connectivity index (χ1v) is 11.2. The van der Waals surface area contributed by atoms with Gasteiger partial charge in [-0.05, 0) is 31.1 Å². The van der Waals surface area contributed by atoms with Crippen molar-refractivity contribution in [2.24, 2.45) is 0 Å². The summed E-state index contributed by atoms with van der Waals surface area (Å²) < 4.78 is 10.9. The second-order valence-corrected chi connectivity index (χ2v) is 10.8. The average Bonchev–Trinajstić information content (AvgIpc) is 2.55. The van der Waals surface area contributed by atoms with E-state index in [9.17, 15) is 15.2 Å². The van der Waals surface area contributed by atoms with Gasteiger partial charge in [-0.1, -0.05) is 12.1 Å². The lowest BCUT2D eigenvalue weighted by Crippen LogP contribution is -2.31. The van der Waals surface area contributed by atoms with Crippen molar-refractivity contribution in [3.63, 3.8) is 0 Å². The van der Waals surface area contributed by atoms with Crippen molar-refractivity contribution in [1.29, 1.82) is 0 Å². The molecule has 0 heterocycles. The third-order valence-electron chi connectivity index (χ3n) is 3.79. The summed E-state index contributed by atoms with van der Waals surface area (Å²) in [6, 6.07) is 7.39. The van der Waals surface area contributed by atoms with Gasteiger partial charge in [-0.25, -0.2) is 0 Å². The number of nitro groups is 1. The summed E-state index contributed by atoms with van der Waals surface area (Å²) in [7, 11) is 0.236. The molecule has 8 heteroatoms.